The summed E-state index contributed by atoms with van der Waals surface area (Å²) in [5, 5.41) is 3.90. The molecule has 0 saturated carbocycles. The summed E-state index contributed by atoms with van der Waals surface area (Å²) in [7, 11) is 0. The summed E-state index contributed by atoms with van der Waals surface area (Å²) in [5.41, 5.74) is 9.29. The van der Waals surface area contributed by atoms with E-state index in [1.54, 1.807) is 17.9 Å². The lowest BCUT2D eigenvalue weighted by Crippen LogP contribution is -2.23. The number of nitrogens with two attached hydrogens (primary N) is 1. The van der Waals surface area contributed by atoms with Crippen molar-refractivity contribution in [2.75, 3.05) is 0 Å². The van der Waals surface area contributed by atoms with Gasteiger partial charge in [0.05, 0.1) is 16.6 Å². The maximum atomic E-state index is 5.13. The minimum Gasteiger partial charge on any atom is -0.375 e. The van der Waals surface area contributed by atoms with Crippen LogP contribution in [0.3, 0.4) is 0 Å². The highest BCUT2D eigenvalue weighted by molar-refractivity contribution is 7.80. The fourth-order valence-electron chi connectivity index (χ4n) is 0.449. The Morgan fingerprint density at radius 3 is 3.27 bits per heavy atom. The van der Waals surface area contributed by atoms with Crippen LogP contribution in [-0.4, -0.2) is 16.3 Å². The van der Waals surface area contributed by atoms with Gasteiger partial charge < -0.3 is 5.73 Å². The largest absolute Gasteiger partial charge is 0.375 e. The molecule has 0 aliphatic heterocycles. The van der Waals surface area contributed by atoms with Crippen LogP contribution in [0.4, 0.5) is 0 Å². The summed E-state index contributed by atoms with van der Waals surface area (Å²) in [4.78, 5) is 4.81. The number of thiazole rings is 1. The average molecular weight is 186 g/mol. The van der Waals surface area contributed by atoms with Crippen molar-refractivity contribution in [2.24, 2.45) is 10.8 Å². The Bertz CT molecular complexity index is 253. The van der Waals surface area contributed by atoms with Gasteiger partial charge in [-0.25, -0.2) is 0 Å². The molecular formula is C5H6N4S2. The van der Waals surface area contributed by atoms with Gasteiger partial charge in [0, 0.05) is 6.20 Å². The first-order valence-electron chi connectivity index (χ1n) is 2.76. The van der Waals surface area contributed by atoms with E-state index in [2.05, 4.69) is 27.7 Å². The van der Waals surface area contributed by atoms with Gasteiger partial charge in [-0.15, -0.1) is 11.3 Å². The molecule has 0 fully saturated rings. The molecule has 0 aliphatic carbocycles. The summed E-state index contributed by atoms with van der Waals surface area (Å²) >= 11 is 6.02. The zero-order chi connectivity index (χ0) is 8.10. The lowest BCUT2D eigenvalue weighted by molar-refractivity contribution is 1.04. The molecule has 6 heteroatoms. The summed E-state index contributed by atoms with van der Waals surface area (Å²) < 4.78 is 0. The molecule has 1 rings (SSSR count). The fourth-order valence-corrected chi connectivity index (χ4v) is 0.980. The van der Waals surface area contributed by atoms with E-state index in [0.717, 1.165) is 4.88 Å². The molecule has 0 aliphatic rings. The molecule has 1 aromatic heterocycles. The molecule has 0 radical (unpaired) electrons. The van der Waals surface area contributed by atoms with E-state index in [9.17, 15) is 0 Å². The maximum absolute atomic E-state index is 5.13. The van der Waals surface area contributed by atoms with E-state index in [0.29, 0.717) is 0 Å². The summed E-state index contributed by atoms with van der Waals surface area (Å²) in [6, 6.07) is 0. The Labute approximate surface area is 73.1 Å². The monoisotopic (exact) mass is 186 g/mol. The van der Waals surface area contributed by atoms with Crippen molar-refractivity contribution in [1.29, 1.82) is 0 Å². The molecule has 11 heavy (non-hydrogen) atoms. The van der Waals surface area contributed by atoms with Gasteiger partial charge in [-0.1, -0.05) is 0 Å². The fraction of sp³-hybridized carbons (Fsp3) is 0. The average Bonchev–Trinajstić information content (AvgIpc) is 2.39. The van der Waals surface area contributed by atoms with Crippen molar-refractivity contribution in [1.82, 2.24) is 10.4 Å². The van der Waals surface area contributed by atoms with Crippen LogP contribution in [0.2, 0.25) is 0 Å². The molecule has 0 atom stereocenters. The van der Waals surface area contributed by atoms with Crippen LogP contribution in [0.25, 0.3) is 0 Å². The smallest absolute Gasteiger partial charge is 0.184 e. The predicted octanol–water partition coefficient (Wildman–Crippen LogP) is 0.310. The first-order valence-corrected chi connectivity index (χ1v) is 4.05. The van der Waals surface area contributed by atoms with Gasteiger partial charge >= 0.3 is 0 Å². The Balaban J connectivity index is 2.43. The van der Waals surface area contributed by atoms with E-state index in [1.807, 2.05) is 0 Å². The van der Waals surface area contributed by atoms with E-state index in [1.165, 1.54) is 11.3 Å². The van der Waals surface area contributed by atoms with Crippen molar-refractivity contribution in [2.45, 2.75) is 0 Å². The number of hydrogen-bond donors (Lipinski definition) is 2. The number of rotatable bonds is 2. The maximum Gasteiger partial charge on any atom is 0.184 e. The highest BCUT2D eigenvalue weighted by atomic mass is 32.1. The van der Waals surface area contributed by atoms with Crippen LogP contribution in [0.5, 0.6) is 0 Å². The second kappa shape index (κ2) is 3.99. The quantitative estimate of drug-likeness (QED) is 0.396. The minimum absolute atomic E-state index is 0.158. The van der Waals surface area contributed by atoms with Crippen molar-refractivity contribution in [3.63, 3.8) is 0 Å². The summed E-state index contributed by atoms with van der Waals surface area (Å²) in [6.45, 7) is 0. The van der Waals surface area contributed by atoms with E-state index >= 15 is 0 Å². The van der Waals surface area contributed by atoms with Gasteiger partial charge in [-0.3, -0.25) is 10.4 Å². The molecule has 0 unspecified atom stereocenters. The van der Waals surface area contributed by atoms with Gasteiger partial charge in [-0.2, -0.15) is 5.10 Å². The summed E-state index contributed by atoms with van der Waals surface area (Å²) in [6.07, 6.45) is 3.31. The van der Waals surface area contributed by atoms with Crippen molar-refractivity contribution in [3.05, 3.63) is 16.6 Å². The number of nitrogens with one attached hydrogen (secondary N) is 1. The third-order valence-corrected chi connectivity index (χ3v) is 1.62. The summed E-state index contributed by atoms with van der Waals surface area (Å²) in [5.74, 6) is 0. The van der Waals surface area contributed by atoms with Crippen LogP contribution in [0.1, 0.15) is 4.88 Å². The standard InChI is InChI=1S/C5H6N4S2/c6-5(10)9-8-2-4-1-7-3-11-4/h1-3H,(H3,6,9,10)/b8-2+. The van der Waals surface area contributed by atoms with Crippen LogP contribution in [0, 0.1) is 0 Å². The topological polar surface area (TPSA) is 63.3 Å². The van der Waals surface area contributed by atoms with Crippen LogP contribution in [0.15, 0.2) is 16.8 Å². The Kier molecular flexibility index (Phi) is 2.94. The molecule has 3 N–H and O–H groups in total. The van der Waals surface area contributed by atoms with Crippen molar-refractivity contribution in [3.8, 4) is 0 Å². The number of hydrogen-bond acceptors (Lipinski definition) is 4. The third kappa shape index (κ3) is 3.06. The molecule has 4 nitrogen and oxygen atoms in total. The highest BCUT2D eigenvalue weighted by Gasteiger charge is 1.86. The van der Waals surface area contributed by atoms with Gasteiger partial charge in [0.25, 0.3) is 0 Å². The number of thiocarbonyl (C=S) groups is 1. The predicted molar refractivity (Wildman–Crippen MR) is 49.6 cm³/mol. The highest BCUT2D eigenvalue weighted by Crippen LogP contribution is 2.00. The van der Waals surface area contributed by atoms with Gasteiger partial charge in [-0.05, 0) is 12.2 Å². The van der Waals surface area contributed by atoms with Crippen LogP contribution >= 0.6 is 23.6 Å². The van der Waals surface area contributed by atoms with E-state index in [4.69, 9.17) is 5.73 Å². The molecule has 0 amide bonds. The molecule has 1 aromatic rings. The molecule has 0 bridgehead atoms. The number of aromatic nitrogens is 1. The van der Waals surface area contributed by atoms with Gasteiger partial charge in [0.1, 0.15) is 0 Å². The zero-order valence-corrected chi connectivity index (χ0v) is 7.15. The number of nitrogens with zero attached hydrogens (tertiary/aromatic N) is 2. The Morgan fingerprint density at radius 1 is 1.91 bits per heavy atom. The minimum atomic E-state index is 0.158. The first-order chi connectivity index (χ1) is 5.29. The Morgan fingerprint density at radius 2 is 2.73 bits per heavy atom. The molecule has 0 saturated heterocycles. The molecule has 1 heterocycles. The Hall–Kier alpha value is -1.01. The van der Waals surface area contributed by atoms with Crippen LogP contribution < -0.4 is 11.2 Å². The zero-order valence-electron chi connectivity index (χ0n) is 5.52. The molecule has 0 aromatic carbocycles. The lowest BCUT2D eigenvalue weighted by Gasteiger charge is -1.90. The molecule has 58 valence electrons. The normalized spacial score (nSPS) is 10.2. The SMILES string of the molecule is NC(=S)N/N=C/c1cncs1. The van der Waals surface area contributed by atoms with Crippen molar-refractivity contribution < 1.29 is 0 Å². The van der Waals surface area contributed by atoms with Gasteiger partial charge in [0.2, 0.25) is 0 Å². The molecule has 0 spiro atoms. The van der Waals surface area contributed by atoms with Gasteiger partial charge in [0.15, 0.2) is 5.11 Å². The lowest BCUT2D eigenvalue weighted by atomic mass is 10.6. The molecular weight excluding hydrogens is 180 g/mol. The first kappa shape index (κ1) is 8.09. The van der Waals surface area contributed by atoms with Crippen LogP contribution in [-0.2, 0) is 0 Å². The second-order valence-corrected chi connectivity index (χ2v) is 3.00. The van der Waals surface area contributed by atoms with Crippen molar-refractivity contribution >= 4 is 34.9 Å². The second-order valence-electron chi connectivity index (χ2n) is 1.64. The van der Waals surface area contributed by atoms with E-state index in [-0.39, 0.29) is 5.11 Å². The number of hydrazone groups is 1. The third-order valence-electron chi connectivity index (χ3n) is 0.818. The van der Waals surface area contributed by atoms with E-state index < -0.39 is 0 Å².